The average Bonchev–Trinajstić information content (AvgIpc) is 3.45. The first-order chi connectivity index (χ1) is 17.1. The monoisotopic (exact) mass is 471 g/mol. The third-order valence-corrected chi connectivity index (χ3v) is 6.18. The Balaban J connectivity index is 1.20. The predicted octanol–water partition coefficient (Wildman–Crippen LogP) is 3.17. The molecule has 0 spiro atoms. The van der Waals surface area contributed by atoms with E-state index in [1.54, 1.807) is 18.2 Å². The van der Waals surface area contributed by atoms with E-state index in [1.807, 2.05) is 60.7 Å². The summed E-state index contributed by atoms with van der Waals surface area (Å²) in [4.78, 5) is 39.2. The quantitative estimate of drug-likeness (QED) is 0.492. The molecule has 8 heteroatoms. The molecular weight excluding hydrogens is 446 g/mol. The van der Waals surface area contributed by atoms with E-state index >= 15 is 0 Å². The summed E-state index contributed by atoms with van der Waals surface area (Å²) in [7, 11) is 0. The number of fused-ring (bicyclic) bond motifs is 1. The molecule has 0 aromatic heterocycles. The van der Waals surface area contributed by atoms with E-state index < -0.39 is 18.0 Å². The van der Waals surface area contributed by atoms with Crippen molar-refractivity contribution < 1.29 is 23.9 Å². The summed E-state index contributed by atoms with van der Waals surface area (Å²) in [6.07, 6.45) is -0.126. The lowest BCUT2D eigenvalue weighted by Gasteiger charge is -2.19. The Labute approximate surface area is 202 Å². The van der Waals surface area contributed by atoms with E-state index in [1.165, 1.54) is 0 Å². The van der Waals surface area contributed by atoms with Crippen molar-refractivity contribution in [3.8, 4) is 11.5 Å². The zero-order chi connectivity index (χ0) is 24.2. The second kappa shape index (κ2) is 9.89. The van der Waals surface area contributed by atoms with Crippen molar-refractivity contribution in [2.24, 2.45) is 0 Å². The number of amides is 4. The van der Waals surface area contributed by atoms with Gasteiger partial charge in [-0.3, -0.25) is 14.5 Å². The van der Waals surface area contributed by atoms with Crippen molar-refractivity contribution in [2.45, 2.75) is 24.9 Å². The van der Waals surface area contributed by atoms with Gasteiger partial charge >= 0.3 is 6.03 Å². The number of urea groups is 1. The number of hydrogen-bond donors (Lipinski definition) is 2. The van der Waals surface area contributed by atoms with Crippen LogP contribution in [0.15, 0.2) is 78.9 Å². The van der Waals surface area contributed by atoms with Gasteiger partial charge in [-0.05, 0) is 28.8 Å². The lowest BCUT2D eigenvalue weighted by atomic mass is 9.91. The number of benzene rings is 3. The van der Waals surface area contributed by atoms with Gasteiger partial charge in [-0.15, -0.1) is 0 Å². The topological polar surface area (TPSA) is 97.0 Å². The number of hydrogen-bond acceptors (Lipinski definition) is 5. The molecular formula is C27H25N3O5. The number of ether oxygens (including phenoxy) is 2. The molecule has 35 heavy (non-hydrogen) atoms. The summed E-state index contributed by atoms with van der Waals surface area (Å²) < 4.78 is 10.7. The molecule has 2 aliphatic rings. The smallest absolute Gasteiger partial charge is 0.325 e. The molecule has 3 aromatic carbocycles. The molecule has 2 N–H and O–H groups in total. The zero-order valence-corrected chi connectivity index (χ0v) is 19.0. The molecule has 2 aliphatic heterocycles. The van der Waals surface area contributed by atoms with Crippen LogP contribution in [0.4, 0.5) is 4.79 Å². The van der Waals surface area contributed by atoms with Crippen molar-refractivity contribution >= 4 is 17.8 Å². The van der Waals surface area contributed by atoms with Gasteiger partial charge < -0.3 is 20.1 Å². The molecule has 8 nitrogen and oxygen atoms in total. The molecule has 0 unspecified atom stereocenters. The Morgan fingerprint density at radius 2 is 1.60 bits per heavy atom. The van der Waals surface area contributed by atoms with Crippen LogP contribution in [0.2, 0.25) is 0 Å². The summed E-state index contributed by atoms with van der Waals surface area (Å²) in [6.45, 7) is 0.612. The van der Waals surface area contributed by atoms with E-state index in [9.17, 15) is 14.4 Å². The highest BCUT2D eigenvalue weighted by Gasteiger charge is 2.39. The molecule has 1 saturated heterocycles. The van der Waals surface area contributed by atoms with Gasteiger partial charge in [0.15, 0.2) is 11.5 Å². The van der Waals surface area contributed by atoms with E-state index in [4.69, 9.17) is 9.47 Å². The van der Waals surface area contributed by atoms with Crippen LogP contribution >= 0.6 is 0 Å². The molecule has 0 radical (unpaired) electrons. The maximum Gasteiger partial charge on any atom is 0.325 e. The van der Waals surface area contributed by atoms with Gasteiger partial charge in [0.05, 0.1) is 13.0 Å². The standard InChI is InChI=1S/C27H25N3O5/c31-25(28-15-21(19-7-3-1-4-8-19)20-9-5-2-6-10-20)14-22-26(32)30(27(33)29-22)16-18-11-12-23-24(13-18)35-17-34-23/h1-13,21-22H,14-17H2,(H,28,31)(H,29,33)/t22-/m0/s1. The van der Waals surface area contributed by atoms with Crippen LogP contribution in [-0.4, -0.2) is 42.1 Å². The molecule has 2 heterocycles. The van der Waals surface area contributed by atoms with Crippen LogP contribution in [0.25, 0.3) is 0 Å². The Bertz CT molecular complexity index is 1190. The van der Waals surface area contributed by atoms with Crippen LogP contribution in [0.1, 0.15) is 29.0 Å². The molecule has 1 atom stereocenters. The third kappa shape index (κ3) is 4.96. The molecule has 5 rings (SSSR count). The highest BCUT2D eigenvalue weighted by Crippen LogP contribution is 2.33. The Hall–Kier alpha value is -4.33. The lowest BCUT2D eigenvalue weighted by molar-refractivity contribution is -0.131. The van der Waals surface area contributed by atoms with Crippen molar-refractivity contribution in [3.05, 3.63) is 95.6 Å². The molecule has 0 aliphatic carbocycles. The Morgan fingerprint density at radius 3 is 2.29 bits per heavy atom. The van der Waals surface area contributed by atoms with E-state index in [-0.39, 0.29) is 31.6 Å². The van der Waals surface area contributed by atoms with E-state index in [0.29, 0.717) is 18.0 Å². The third-order valence-electron chi connectivity index (χ3n) is 6.18. The highest BCUT2D eigenvalue weighted by atomic mass is 16.7. The fourth-order valence-corrected chi connectivity index (χ4v) is 4.36. The normalized spacial score (nSPS) is 16.5. The molecule has 1 fully saturated rings. The Morgan fingerprint density at radius 1 is 0.943 bits per heavy atom. The summed E-state index contributed by atoms with van der Waals surface area (Å²) in [5, 5.41) is 5.57. The minimum Gasteiger partial charge on any atom is -0.454 e. The van der Waals surface area contributed by atoms with Gasteiger partial charge in [-0.25, -0.2) is 4.79 Å². The maximum atomic E-state index is 12.9. The van der Waals surface area contributed by atoms with Crippen molar-refractivity contribution in [1.29, 1.82) is 0 Å². The van der Waals surface area contributed by atoms with Gasteiger partial charge in [0, 0.05) is 12.5 Å². The summed E-state index contributed by atoms with van der Waals surface area (Å²) >= 11 is 0. The molecule has 178 valence electrons. The minimum atomic E-state index is -0.900. The minimum absolute atomic E-state index is 0.0299. The fourth-order valence-electron chi connectivity index (χ4n) is 4.36. The number of carbonyl (C=O) groups excluding carboxylic acids is 3. The number of carbonyl (C=O) groups is 3. The summed E-state index contributed by atoms with van der Waals surface area (Å²) in [5.74, 6) is 0.454. The number of nitrogens with zero attached hydrogens (tertiary/aromatic N) is 1. The van der Waals surface area contributed by atoms with E-state index in [2.05, 4.69) is 10.6 Å². The molecule has 0 bridgehead atoms. The number of imide groups is 1. The molecule has 0 saturated carbocycles. The van der Waals surface area contributed by atoms with Crippen LogP contribution in [-0.2, 0) is 16.1 Å². The zero-order valence-electron chi connectivity index (χ0n) is 19.0. The molecule has 4 amide bonds. The van der Waals surface area contributed by atoms with Gasteiger partial charge in [0.25, 0.3) is 5.91 Å². The first-order valence-electron chi connectivity index (χ1n) is 11.5. The fraction of sp³-hybridized carbons (Fsp3) is 0.222. The first kappa shape index (κ1) is 22.5. The second-order valence-electron chi connectivity index (χ2n) is 8.50. The van der Waals surface area contributed by atoms with Crippen LogP contribution in [0.3, 0.4) is 0 Å². The SMILES string of the molecule is O=C(C[C@@H]1NC(=O)N(Cc2ccc3c(c2)OCO3)C1=O)NCC(c1ccccc1)c1ccccc1. The summed E-state index contributed by atoms with van der Waals surface area (Å²) in [5.41, 5.74) is 2.90. The summed E-state index contributed by atoms with van der Waals surface area (Å²) in [6, 6.07) is 23.7. The van der Waals surface area contributed by atoms with Crippen LogP contribution < -0.4 is 20.1 Å². The number of rotatable bonds is 8. The van der Waals surface area contributed by atoms with Gasteiger partial charge in [-0.2, -0.15) is 0 Å². The second-order valence-corrected chi connectivity index (χ2v) is 8.50. The van der Waals surface area contributed by atoms with Crippen molar-refractivity contribution in [1.82, 2.24) is 15.5 Å². The largest absolute Gasteiger partial charge is 0.454 e. The first-order valence-corrected chi connectivity index (χ1v) is 11.5. The predicted molar refractivity (Wildman–Crippen MR) is 128 cm³/mol. The van der Waals surface area contributed by atoms with Gasteiger partial charge in [0.1, 0.15) is 6.04 Å². The Kier molecular flexibility index (Phi) is 6.34. The maximum absolute atomic E-state index is 12.9. The highest BCUT2D eigenvalue weighted by molar-refractivity contribution is 6.05. The average molecular weight is 472 g/mol. The van der Waals surface area contributed by atoms with Gasteiger partial charge in [0.2, 0.25) is 12.7 Å². The van der Waals surface area contributed by atoms with Gasteiger partial charge in [-0.1, -0.05) is 66.7 Å². The number of nitrogens with one attached hydrogen (secondary N) is 2. The van der Waals surface area contributed by atoms with Crippen LogP contribution in [0.5, 0.6) is 11.5 Å². The van der Waals surface area contributed by atoms with Crippen LogP contribution in [0, 0.1) is 0 Å². The van der Waals surface area contributed by atoms with E-state index in [0.717, 1.165) is 21.6 Å². The molecule has 3 aromatic rings. The lowest BCUT2D eigenvalue weighted by Crippen LogP contribution is -2.37. The van der Waals surface area contributed by atoms with Crippen molar-refractivity contribution in [3.63, 3.8) is 0 Å². The van der Waals surface area contributed by atoms with Crippen molar-refractivity contribution in [2.75, 3.05) is 13.3 Å².